The lowest BCUT2D eigenvalue weighted by Gasteiger charge is -2.19. The van der Waals surface area contributed by atoms with E-state index in [0.717, 1.165) is 5.56 Å². The summed E-state index contributed by atoms with van der Waals surface area (Å²) >= 11 is 12.3. The highest BCUT2D eigenvalue weighted by Gasteiger charge is 2.20. The van der Waals surface area contributed by atoms with Gasteiger partial charge >= 0.3 is 0 Å². The summed E-state index contributed by atoms with van der Waals surface area (Å²) < 4.78 is 34.5. The molecule has 6 nitrogen and oxygen atoms in total. The molecule has 39 heavy (non-hydrogen) atoms. The molecule has 4 aromatic rings. The highest BCUT2D eigenvalue weighted by atomic mass is 35.5. The van der Waals surface area contributed by atoms with Crippen LogP contribution in [-0.2, 0) is 22.0 Å². The fourth-order valence-corrected chi connectivity index (χ4v) is 5.16. The van der Waals surface area contributed by atoms with Gasteiger partial charge in [-0.1, -0.05) is 80.4 Å². The molecule has 1 amide bonds. The molecule has 0 aliphatic heterocycles. The quantitative estimate of drug-likeness (QED) is 0.222. The molecule has 0 spiro atoms. The number of hydrogen-bond donors (Lipinski definition) is 2. The lowest BCUT2D eigenvalue weighted by molar-refractivity contribution is 0.0952. The Morgan fingerprint density at radius 2 is 1.54 bits per heavy atom. The SMILES string of the molecule is CC(C)(C)c1ccc(CNC(=O)c2cc(Cl)ccc2NS(=O)(=O)c2ccc(Oc3ccccc3Cl)cc2)cc1. The second-order valence-corrected chi connectivity index (χ2v) is 12.5. The Morgan fingerprint density at radius 1 is 0.872 bits per heavy atom. The van der Waals surface area contributed by atoms with E-state index in [4.69, 9.17) is 27.9 Å². The normalized spacial score (nSPS) is 11.6. The van der Waals surface area contributed by atoms with Gasteiger partial charge in [-0.05, 0) is 71.1 Å². The van der Waals surface area contributed by atoms with Crippen LogP contribution in [0.1, 0.15) is 42.3 Å². The van der Waals surface area contributed by atoms with Gasteiger partial charge in [0.15, 0.2) is 0 Å². The molecule has 4 aromatic carbocycles. The third-order valence-corrected chi connectivity index (χ3v) is 7.87. The molecule has 0 heterocycles. The van der Waals surface area contributed by atoms with Gasteiger partial charge in [0.25, 0.3) is 15.9 Å². The first-order valence-corrected chi connectivity index (χ1v) is 14.4. The molecule has 0 aromatic heterocycles. The van der Waals surface area contributed by atoms with Crippen molar-refractivity contribution >= 4 is 44.8 Å². The van der Waals surface area contributed by atoms with E-state index in [1.54, 1.807) is 24.3 Å². The molecule has 0 aliphatic rings. The second kappa shape index (κ2) is 11.7. The minimum absolute atomic E-state index is 0.00532. The summed E-state index contributed by atoms with van der Waals surface area (Å²) in [7, 11) is -4.02. The molecule has 0 bridgehead atoms. The van der Waals surface area contributed by atoms with Gasteiger partial charge in [0.2, 0.25) is 0 Å². The molecule has 4 rings (SSSR count). The average molecular weight is 584 g/mol. The van der Waals surface area contributed by atoms with E-state index in [9.17, 15) is 13.2 Å². The van der Waals surface area contributed by atoms with Crippen molar-refractivity contribution in [2.75, 3.05) is 4.72 Å². The molecule has 0 saturated heterocycles. The zero-order chi connectivity index (χ0) is 28.2. The molecule has 0 fully saturated rings. The predicted molar refractivity (Wildman–Crippen MR) is 157 cm³/mol. The topological polar surface area (TPSA) is 84.5 Å². The van der Waals surface area contributed by atoms with Gasteiger partial charge in [-0.2, -0.15) is 0 Å². The molecule has 202 valence electrons. The summed E-state index contributed by atoms with van der Waals surface area (Å²) in [6, 6.07) is 25.2. The molecule has 9 heteroatoms. The standard InChI is InChI=1S/C30H28Cl2N2O4S/c1-30(2,3)21-10-8-20(9-11-21)19-33-29(35)25-18-22(31)12-17-27(25)34-39(36,37)24-15-13-23(14-16-24)38-28-7-5-4-6-26(28)32/h4-18,34H,19H2,1-3H3,(H,33,35). The Hall–Kier alpha value is -3.52. The minimum atomic E-state index is -4.02. The fraction of sp³-hybridized carbons (Fsp3) is 0.167. The van der Waals surface area contributed by atoms with Crippen molar-refractivity contribution in [1.82, 2.24) is 5.32 Å². The Kier molecular flexibility index (Phi) is 8.54. The number of benzene rings is 4. The molecule has 0 saturated carbocycles. The number of hydrogen-bond acceptors (Lipinski definition) is 4. The predicted octanol–water partition coefficient (Wildman–Crippen LogP) is 7.81. The molecule has 0 radical (unpaired) electrons. The van der Waals surface area contributed by atoms with E-state index in [1.807, 2.05) is 24.3 Å². The summed E-state index contributed by atoms with van der Waals surface area (Å²) in [5.41, 5.74) is 2.34. The number of halogens is 2. The molecular weight excluding hydrogens is 555 g/mol. The van der Waals surface area contributed by atoms with E-state index in [0.29, 0.717) is 21.5 Å². The minimum Gasteiger partial charge on any atom is -0.456 e. The van der Waals surface area contributed by atoms with Crippen LogP contribution in [0.2, 0.25) is 10.0 Å². The first-order valence-electron chi connectivity index (χ1n) is 12.1. The number of carbonyl (C=O) groups excluding carboxylic acids is 1. The van der Waals surface area contributed by atoms with Crippen LogP contribution in [-0.4, -0.2) is 14.3 Å². The molecule has 0 atom stereocenters. The molecule has 0 aliphatic carbocycles. The van der Waals surface area contributed by atoms with Gasteiger partial charge in [0.05, 0.1) is 21.2 Å². The average Bonchev–Trinajstić information content (AvgIpc) is 2.89. The smallest absolute Gasteiger partial charge is 0.261 e. The number of anilines is 1. The number of amides is 1. The maximum absolute atomic E-state index is 13.1. The Labute approximate surface area is 239 Å². The van der Waals surface area contributed by atoms with E-state index < -0.39 is 15.9 Å². The van der Waals surface area contributed by atoms with Crippen LogP contribution in [0, 0.1) is 0 Å². The summed E-state index contributed by atoms with van der Waals surface area (Å²) in [5, 5.41) is 3.58. The zero-order valence-electron chi connectivity index (χ0n) is 21.7. The Bertz CT molecular complexity index is 1580. The van der Waals surface area contributed by atoms with Crippen LogP contribution in [0.25, 0.3) is 0 Å². The van der Waals surface area contributed by atoms with E-state index in [2.05, 4.69) is 30.8 Å². The number of para-hydroxylation sites is 1. The van der Waals surface area contributed by atoms with Gasteiger partial charge in [-0.25, -0.2) is 8.42 Å². The van der Waals surface area contributed by atoms with Crippen molar-refractivity contribution in [3.63, 3.8) is 0 Å². The van der Waals surface area contributed by atoms with Crippen molar-refractivity contribution in [1.29, 1.82) is 0 Å². The van der Waals surface area contributed by atoms with Crippen LogP contribution < -0.4 is 14.8 Å². The molecular formula is C30H28Cl2N2O4S. The Morgan fingerprint density at radius 3 is 2.18 bits per heavy atom. The number of ether oxygens (including phenoxy) is 1. The van der Waals surface area contributed by atoms with Crippen molar-refractivity contribution in [2.24, 2.45) is 0 Å². The molecule has 2 N–H and O–H groups in total. The number of nitrogens with one attached hydrogen (secondary N) is 2. The summed E-state index contributed by atoms with van der Waals surface area (Å²) in [6.07, 6.45) is 0. The van der Waals surface area contributed by atoms with E-state index in [-0.39, 0.29) is 28.1 Å². The maximum atomic E-state index is 13.1. The van der Waals surface area contributed by atoms with Crippen LogP contribution in [0.3, 0.4) is 0 Å². The van der Waals surface area contributed by atoms with Gasteiger partial charge in [-0.3, -0.25) is 9.52 Å². The van der Waals surface area contributed by atoms with Crippen LogP contribution in [0.15, 0.2) is 95.9 Å². The zero-order valence-corrected chi connectivity index (χ0v) is 24.0. The van der Waals surface area contributed by atoms with Crippen molar-refractivity contribution < 1.29 is 17.9 Å². The van der Waals surface area contributed by atoms with Gasteiger partial charge in [0, 0.05) is 11.6 Å². The largest absolute Gasteiger partial charge is 0.456 e. The highest BCUT2D eigenvalue weighted by Crippen LogP contribution is 2.30. The summed E-state index contributed by atoms with van der Waals surface area (Å²) in [4.78, 5) is 13.0. The monoisotopic (exact) mass is 582 g/mol. The number of sulfonamides is 1. The Balaban J connectivity index is 1.48. The first-order chi connectivity index (χ1) is 18.4. The van der Waals surface area contributed by atoms with Gasteiger partial charge < -0.3 is 10.1 Å². The van der Waals surface area contributed by atoms with E-state index in [1.165, 1.54) is 48.0 Å². The number of carbonyl (C=O) groups is 1. The first kappa shape index (κ1) is 28.5. The third kappa shape index (κ3) is 7.32. The fourth-order valence-electron chi connectivity index (χ4n) is 3.74. The van der Waals surface area contributed by atoms with Crippen molar-refractivity contribution in [3.05, 3.63) is 118 Å². The lowest BCUT2D eigenvalue weighted by atomic mass is 9.87. The van der Waals surface area contributed by atoms with Crippen molar-refractivity contribution in [3.8, 4) is 11.5 Å². The van der Waals surface area contributed by atoms with Crippen molar-refractivity contribution in [2.45, 2.75) is 37.6 Å². The molecule has 0 unspecified atom stereocenters. The van der Waals surface area contributed by atoms with Gasteiger partial charge in [-0.15, -0.1) is 0 Å². The third-order valence-electron chi connectivity index (χ3n) is 5.94. The van der Waals surface area contributed by atoms with Crippen LogP contribution in [0.4, 0.5) is 5.69 Å². The lowest BCUT2D eigenvalue weighted by Crippen LogP contribution is -2.25. The second-order valence-electron chi connectivity index (χ2n) is 9.93. The number of rotatable bonds is 8. The maximum Gasteiger partial charge on any atom is 0.261 e. The van der Waals surface area contributed by atoms with E-state index >= 15 is 0 Å². The highest BCUT2D eigenvalue weighted by molar-refractivity contribution is 7.92. The summed E-state index contributed by atoms with van der Waals surface area (Å²) in [6.45, 7) is 6.67. The van der Waals surface area contributed by atoms with Crippen LogP contribution in [0.5, 0.6) is 11.5 Å². The van der Waals surface area contributed by atoms with Gasteiger partial charge in [0.1, 0.15) is 11.5 Å². The van der Waals surface area contributed by atoms with Crippen LogP contribution >= 0.6 is 23.2 Å². The summed E-state index contributed by atoms with van der Waals surface area (Å²) in [5.74, 6) is 0.414.